The molecule has 6 nitrogen and oxygen atoms in total. The Morgan fingerprint density at radius 2 is 1.84 bits per heavy atom. The smallest absolute Gasteiger partial charge is 0.163 e. The van der Waals surface area contributed by atoms with Gasteiger partial charge < -0.3 is 0 Å². The van der Waals surface area contributed by atoms with Gasteiger partial charge in [0.15, 0.2) is 5.82 Å². The van der Waals surface area contributed by atoms with Crippen molar-refractivity contribution in [3.63, 3.8) is 0 Å². The number of Topliss-reactive ketones (excluding diaryl/α,β-unsaturated/α-hetero) is 1. The number of benzene rings is 2. The summed E-state index contributed by atoms with van der Waals surface area (Å²) < 4.78 is 14.0. The average Bonchev–Trinajstić information content (AvgIpc) is 3.48. The molecule has 0 amide bonds. The van der Waals surface area contributed by atoms with Gasteiger partial charge in [0.2, 0.25) is 0 Å². The van der Waals surface area contributed by atoms with Crippen LogP contribution in [0, 0.1) is 20.8 Å². The maximum absolute atomic E-state index is 13.4. The monoisotopic (exact) mass is 548 g/mol. The molecule has 0 fully saturated rings. The Morgan fingerprint density at radius 3 is 2.62 bits per heavy atom. The number of hydrogen-bond acceptors (Lipinski definition) is 6. The molecule has 2 aliphatic heterocycles. The van der Waals surface area contributed by atoms with Crippen molar-refractivity contribution < 1.29 is 9.00 Å². The number of carbonyl (C=O) groups is 1. The summed E-state index contributed by atoms with van der Waals surface area (Å²) in [5.41, 5.74) is 7.16. The molecule has 0 saturated carbocycles. The molecular formula is C28H25ClN4O2S2. The first-order valence-electron chi connectivity index (χ1n) is 12.1. The summed E-state index contributed by atoms with van der Waals surface area (Å²) in [6, 6.07) is 13.2. The van der Waals surface area contributed by atoms with E-state index in [0.717, 1.165) is 49.9 Å². The molecular weight excluding hydrogens is 524 g/mol. The van der Waals surface area contributed by atoms with E-state index in [1.807, 2.05) is 49.4 Å². The first kappa shape index (κ1) is 24.4. The minimum Gasteiger partial charge on any atom is -0.299 e. The van der Waals surface area contributed by atoms with E-state index in [1.54, 1.807) is 11.3 Å². The Labute approximate surface area is 226 Å². The lowest BCUT2D eigenvalue weighted by molar-refractivity contribution is -0.118. The number of halogens is 1. The zero-order chi connectivity index (χ0) is 25.8. The van der Waals surface area contributed by atoms with Crippen LogP contribution in [0.5, 0.6) is 0 Å². The standard InChI is InChI=1S/C28H25ClN4O2S2/c1-15-16(2)36-28-25(15)26(19-6-8-22(29)9-7-19)30-24(27-32-31-17(3)33(27)28)12-23(34)11-18-4-5-20-13-37(35)14-21(20)10-18/h4-10,24H,11-14H2,1-3H3/t24-,37?/m0/s1. The van der Waals surface area contributed by atoms with Crippen LogP contribution in [0.15, 0.2) is 47.5 Å². The van der Waals surface area contributed by atoms with E-state index in [2.05, 4.69) is 28.6 Å². The van der Waals surface area contributed by atoms with E-state index >= 15 is 0 Å². The first-order chi connectivity index (χ1) is 17.8. The second kappa shape index (κ2) is 9.42. The quantitative estimate of drug-likeness (QED) is 0.317. The number of ketones is 1. The van der Waals surface area contributed by atoms with Crippen molar-refractivity contribution in [3.05, 3.63) is 97.4 Å². The van der Waals surface area contributed by atoms with Gasteiger partial charge in [-0.15, -0.1) is 21.5 Å². The Morgan fingerprint density at radius 1 is 1.08 bits per heavy atom. The molecule has 2 aliphatic rings. The van der Waals surface area contributed by atoms with Gasteiger partial charge in [0.25, 0.3) is 0 Å². The van der Waals surface area contributed by atoms with Gasteiger partial charge in [-0.1, -0.05) is 41.9 Å². The topological polar surface area (TPSA) is 77.2 Å². The SMILES string of the molecule is Cc1sc2c(c1C)C(c1ccc(Cl)cc1)=N[C@@H](CC(=O)Cc1ccc3c(c1)CS(=O)C3)c1nnc(C)n1-2. The summed E-state index contributed by atoms with van der Waals surface area (Å²) in [6.45, 7) is 6.16. The molecule has 37 heavy (non-hydrogen) atoms. The minimum atomic E-state index is -0.841. The Kier molecular flexibility index (Phi) is 6.21. The van der Waals surface area contributed by atoms with Crippen molar-refractivity contribution >= 4 is 45.2 Å². The maximum atomic E-state index is 13.4. The van der Waals surface area contributed by atoms with E-state index in [1.165, 1.54) is 4.88 Å². The summed E-state index contributed by atoms with van der Waals surface area (Å²) in [6.07, 6.45) is 0.514. The molecule has 188 valence electrons. The highest BCUT2D eigenvalue weighted by Crippen LogP contribution is 2.39. The summed E-state index contributed by atoms with van der Waals surface area (Å²) in [4.78, 5) is 19.8. The van der Waals surface area contributed by atoms with E-state index in [0.29, 0.717) is 28.8 Å². The van der Waals surface area contributed by atoms with Crippen molar-refractivity contribution in [1.29, 1.82) is 0 Å². The van der Waals surface area contributed by atoms with Gasteiger partial charge in [-0.2, -0.15) is 0 Å². The second-order valence-electron chi connectivity index (χ2n) is 9.66. The lowest BCUT2D eigenvalue weighted by Gasteiger charge is -2.13. The van der Waals surface area contributed by atoms with Gasteiger partial charge in [0.1, 0.15) is 22.7 Å². The van der Waals surface area contributed by atoms with Crippen molar-refractivity contribution in [1.82, 2.24) is 14.8 Å². The molecule has 2 aromatic heterocycles. The Hall–Kier alpha value is -2.94. The molecule has 0 spiro atoms. The number of aliphatic imine (C=N–C) groups is 1. The molecule has 2 aromatic carbocycles. The third-order valence-corrected chi connectivity index (χ3v) is 9.79. The number of carbonyl (C=O) groups excluding carboxylic acids is 1. The summed E-state index contributed by atoms with van der Waals surface area (Å²) in [5.74, 6) is 2.70. The molecule has 4 heterocycles. The predicted octanol–water partition coefficient (Wildman–Crippen LogP) is 5.76. The summed E-state index contributed by atoms with van der Waals surface area (Å²) in [7, 11) is -0.841. The fourth-order valence-electron chi connectivity index (χ4n) is 5.11. The van der Waals surface area contributed by atoms with Gasteiger partial charge in [0.05, 0.1) is 5.71 Å². The van der Waals surface area contributed by atoms with Gasteiger partial charge in [-0.25, -0.2) is 0 Å². The van der Waals surface area contributed by atoms with Crippen molar-refractivity contribution in [2.45, 2.75) is 51.2 Å². The van der Waals surface area contributed by atoms with Crippen LogP contribution in [0.25, 0.3) is 5.00 Å². The molecule has 0 aliphatic carbocycles. The highest BCUT2D eigenvalue weighted by Gasteiger charge is 2.32. The zero-order valence-corrected chi connectivity index (χ0v) is 23.1. The number of aromatic nitrogens is 3. The highest BCUT2D eigenvalue weighted by atomic mass is 35.5. The number of fused-ring (bicyclic) bond motifs is 4. The van der Waals surface area contributed by atoms with Crippen LogP contribution < -0.4 is 0 Å². The van der Waals surface area contributed by atoms with Crippen molar-refractivity contribution in [2.75, 3.05) is 0 Å². The molecule has 6 rings (SSSR count). The van der Waals surface area contributed by atoms with Gasteiger partial charge in [-0.3, -0.25) is 18.6 Å². The first-order valence-corrected chi connectivity index (χ1v) is 14.8. The highest BCUT2D eigenvalue weighted by molar-refractivity contribution is 7.83. The van der Waals surface area contributed by atoms with Crippen LogP contribution >= 0.6 is 22.9 Å². The predicted molar refractivity (Wildman–Crippen MR) is 149 cm³/mol. The van der Waals surface area contributed by atoms with E-state index in [-0.39, 0.29) is 12.2 Å². The molecule has 0 bridgehead atoms. The number of nitrogens with zero attached hydrogens (tertiary/aromatic N) is 4. The van der Waals surface area contributed by atoms with Gasteiger partial charge >= 0.3 is 0 Å². The fraction of sp³-hybridized carbons (Fsp3) is 0.286. The Bertz CT molecular complexity index is 1620. The molecule has 0 saturated heterocycles. The number of rotatable bonds is 5. The van der Waals surface area contributed by atoms with Crippen LogP contribution in [0.4, 0.5) is 0 Å². The summed E-state index contributed by atoms with van der Waals surface area (Å²) >= 11 is 7.89. The van der Waals surface area contributed by atoms with E-state index in [4.69, 9.17) is 16.6 Å². The van der Waals surface area contributed by atoms with Crippen LogP contribution in [-0.4, -0.2) is 30.5 Å². The van der Waals surface area contributed by atoms with Crippen LogP contribution in [0.2, 0.25) is 5.02 Å². The Balaban J connectivity index is 1.40. The largest absolute Gasteiger partial charge is 0.299 e. The normalized spacial score (nSPS) is 18.1. The lowest BCUT2D eigenvalue weighted by Crippen LogP contribution is -2.13. The van der Waals surface area contributed by atoms with Crippen molar-refractivity contribution in [2.24, 2.45) is 4.99 Å². The molecule has 9 heteroatoms. The lowest BCUT2D eigenvalue weighted by atomic mass is 9.98. The van der Waals surface area contributed by atoms with Crippen molar-refractivity contribution in [3.8, 4) is 5.00 Å². The molecule has 2 atom stereocenters. The van der Waals surface area contributed by atoms with Crippen LogP contribution in [0.3, 0.4) is 0 Å². The molecule has 0 radical (unpaired) electrons. The van der Waals surface area contributed by atoms with E-state index in [9.17, 15) is 9.00 Å². The third kappa shape index (κ3) is 4.41. The summed E-state index contributed by atoms with van der Waals surface area (Å²) in [5, 5.41) is 10.6. The molecule has 1 unspecified atom stereocenters. The van der Waals surface area contributed by atoms with Gasteiger partial charge in [0, 0.05) is 56.2 Å². The minimum absolute atomic E-state index is 0.0774. The fourth-order valence-corrected chi connectivity index (χ4v) is 7.80. The van der Waals surface area contributed by atoms with Crippen LogP contribution in [-0.2, 0) is 33.5 Å². The molecule has 4 aromatic rings. The third-order valence-electron chi connectivity index (χ3n) is 7.08. The number of aryl methyl sites for hydroxylation is 2. The van der Waals surface area contributed by atoms with Gasteiger partial charge in [-0.05, 0) is 55.2 Å². The maximum Gasteiger partial charge on any atom is 0.163 e. The number of hydrogen-bond donors (Lipinski definition) is 0. The zero-order valence-electron chi connectivity index (χ0n) is 20.7. The van der Waals surface area contributed by atoms with E-state index < -0.39 is 16.8 Å². The number of thiophene rings is 1. The second-order valence-corrected chi connectivity index (χ2v) is 12.8. The van der Waals surface area contributed by atoms with Crippen LogP contribution in [0.1, 0.15) is 62.4 Å². The molecule has 0 N–H and O–H groups in total. The average molecular weight is 549 g/mol.